The van der Waals surface area contributed by atoms with Gasteiger partial charge in [0, 0.05) is 83.9 Å². The third-order valence-corrected chi connectivity index (χ3v) is 24.0. The molecule has 6 aliphatic rings. The van der Waals surface area contributed by atoms with Gasteiger partial charge >= 0.3 is 0 Å². The fraction of sp³-hybridized carbons (Fsp3) is 0.253. The van der Waals surface area contributed by atoms with Gasteiger partial charge in [-0.2, -0.15) is 30.5 Å². The average Bonchev–Trinajstić information content (AvgIpc) is 1.59. The number of alkyl halides is 1. The van der Waals surface area contributed by atoms with Gasteiger partial charge in [-0.05, 0) is 214 Å². The van der Waals surface area contributed by atoms with Crippen molar-refractivity contribution in [3.8, 4) is 17.1 Å². The molecule has 3 N–H and O–H groups in total. The number of nitrogens with one attached hydrogen (secondary N) is 3. The smallest absolute Gasteiger partial charge is 0.237 e. The molecule has 3 saturated carbocycles. The Morgan fingerprint density at radius 1 is 0.427 bits per heavy atom. The van der Waals surface area contributed by atoms with Crippen LogP contribution in [-0.4, -0.2) is 113 Å². The van der Waals surface area contributed by atoms with E-state index in [0.29, 0.717) is 29.9 Å². The molecular weight excluding hydrogens is 1640 g/mol. The normalized spacial score (nSPS) is 19.8. The fourth-order valence-corrected chi connectivity index (χ4v) is 17.3. The number of aryl methyl sites for hydroxylation is 3. The summed E-state index contributed by atoms with van der Waals surface area (Å²) in [6.07, 6.45) is 19.2. The molecule has 8 atom stereocenters. The molecule has 626 valence electrons. The molecule has 9 heterocycles. The van der Waals surface area contributed by atoms with Crippen LogP contribution < -0.4 is 30.7 Å². The first kappa shape index (κ1) is 81.1. The maximum Gasteiger partial charge on any atom is 0.237 e. The Hall–Kier alpha value is -14.0. The molecule has 0 bridgehead atoms. The number of aromatic nitrogens is 12. The van der Waals surface area contributed by atoms with Crippen LogP contribution in [0.5, 0.6) is 0 Å². The summed E-state index contributed by atoms with van der Waals surface area (Å²) in [5.41, 5.74) is 11.8. The molecule has 29 heteroatoms. The van der Waals surface area contributed by atoms with Crippen molar-refractivity contribution < 1.29 is 46.5 Å². The van der Waals surface area contributed by atoms with Gasteiger partial charge in [-0.25, -0.2) is 27.2 Å². The lowest BCUT2D eigenvalue weighted by Crippen LogP contribution is -2.43. The van der Waals surface area contributed by atoms with Gasteiger partial charge in [0.1, 0.15) is 17.5 Å². The first-order valence-corrected chi connectivity index (χ1v) is 42.5. The van der Waals surface area contributed by atoms with Crippen molar-refractivity contribution in [3.05, 3.63) is 319 Å². The average molecular weight is 1730 g/mol. The minimum atomic E-state index is -0.468. The Balaban J connectivity index is 0.000000121. The van der Waals surface area contributed by atoms with E-state index in [-0.39, 0.29) is 89.2 Å². The summed E-state index contributed by atoms with van der Waals surface area (Å²) >= 11 is 3.17. The molecule has 0 spiro atoms. The summed E-state index contributed by atoms with van der Waals surface area (Å²) in [6.45, 7) is 1.79. The molecule has 3 aliphatic carbocycles. The van der Waals surface area contributed by atoms with E-state index < -0.39 is 36.0 Å². The number of fused-ring (bicyclic) bond motifs is 3. The molecule has 9 aromatic carbocycles. The number of benzene rings is 9. The van der Waals surface area contributed by atoms with E-state index in [1.54, 1.807) is 103 Å². The van der Waals surface area contributed by atoms with E-state index in [1.807, 2.05) is 182 Å². The van der Waals surface area contributed by atoms with Crippen molar-refractivity contribution in [2.24, 2.45) is 43.7 Å². The number of nitrogens with zero attached hydrogens (tertiary/aromatic N) is 15. The Labute approximate surface area is 719 Å². The van der Waals surface area contributed by atoms with Gasteiger partial charge in [-0.1, -0.05) is 112 Å². The minimum Gasteiger partial charge on any atom is -0.350 e. The Bertz CT molecular complexity index is 6170. The molecule has 124 heavy (non-hydrogen) atoms. The van der Waals surface area contributed by atoms with Crippen molar-refractivity contribution in [1.82, 2.24) is 75.0 Å². The number of hydrogen-bond acceptors (Lipinski definition) is 14. The highest BCUT2D eigenvalue weighted by Crippen LogP contribution is 2.47. The van der Waals surface area contributed by atoms with Crippen LogP contribution in [0.2, 0.25) is 0 Å². The highest BCUT2D eigenvalue weighted by molar-refractivity contribution is 9.08. The van der Waals surface area contributed by atoms with E-state index >= 15 is 0 Å². The van der Waals surface area contributed by atoms with Crippen LogP contribution >= 0.6 is 15.9 Å². The lowest BCUT2D eigenvalue weighted by Gasteiger charge is -2.29. The Morgan fingerprint density at radius 3 is 1.10 bits per heavy atom. The molecule has 21 rings (SSSR count). The van der Waals surface area contributed by atoms with Gasteiger partial charge in [0.2, 0.25) is 41.3 Å². The van der Waals surface area contributed by atoms with Gasteiger partial charge in [-0.15, -0.1) is 0 Å². The van der Waals surface area contributed by atoms with Gasteiger partial charge in [-0.3, -0.25) is 38.1 Å². The second kappa shape index (κ2) is 34.9. The lowest BCUT2D eigenvalue weighted by atomic mass is 9.89. The molecule has 6 aromatic heterocycles. The van der Waals surface area contributed by atoms with E-state index in [4.69, 9.17) is 4.52 Å². The third kappa shape index (κ3) is 17.2. The van der Waals surface area contributed by atoms with Gasteiger partial charge < -0.3 is 35.2 Å². The molecule has 15 aromatic rings. The van der Waals surface area contributed by atoms with E-state index in [0.717, 1.165) is 133 Å². The largest absolute Gasteiger partial charge is 0.350 e. The number of anilines is 3. The zero-order valence-corrected chi connectivity index (χ0v) is 69.4. The summed E-state index contributed by atoms with van der Waals surface area (Å²) in [5, 5.41) is 38.6. The monoisotopic (exact) mass is 1730 g/mol. The summed E-state index contributed by atoms with van der Waals surface area (Å²) in [6, 6.07) is 63.3. The summed E-state index contributed by atoms with van der Waals surface area (Å²) in [4.78, 5) is 90.2. The van der Waals surface area contributed by atoms with E-state index in [2.05, 4.69) is 67.5 Å². The van der Waals surface area contributed by atoms with Crippen molar-refractivity contribution in [1.29, 1.82) is 0 Å². The lowest BCUT2D eigenvalue weighted by molar-refractivity contribution is -0.125. The molecular formula is C95H86BrF3N18O7. The van der Waals surface area contributed by atoms with Crippen LogP contribution in [0.25, 0.3) is 49.8 Å². The van der Waals surface area contributed by atoms with Crippen molar-refractivity contribution >= 4 is 101 Å². The van der Waals surface area contributed by atoms with Crippen LogP contribution in [0, 0.1) is 54.0 Å². The minimum absolute atomic E-state index is 0.0118. The van der Waals surface area contributed by atoms with Crippen LogP contribution in [-0.2, 0) is 61.0 Å². The number of carbonyl (C=O) groups excluding carboxylic acids is 6. The molecule has 6 fully saturated rings. The number of halogens is 4. The SMILES string of the molecule is Cc1noc(CBr)n1.Cn1cc(C[C@@H]2C(=O)N(c3ccc4c(cnn4-c4ccc(F)cc4)c3)[C@H](c3ccccc3)[C@H]2NC(=O)C2CC2)cn1.Cn1cc(C[C@H]2C(=O)N(c3ccc4c(cnn4-c4ccc(F)cc4)c3)[C@H](c3ccccc3)[C@H]2NC(=O)C2CC2)cn1.O=C(N[C@H]1CC(=O)N(c2ccc3c(cnn3-c3ccc(F)cc3)c2)[C@@H]1c1ccccc1)C1CC1. The Morgan fingerprint density at radius 2 is 0.774 bits per heavy atom. The number of hydrogen-bond donors (Lipinski definition) is 3. The van der Waals surface area contributed by atoms with Crippen LogP contribution in [0.1, 0.15) is 103 Å². The number of carbonyl (C=O) groups is 6. The van der Waals surface area contributed by atoms with Crippen LogP contribution in [0.15, 0.2) is 266 Å². The van der Waals surface area contributed by atoms with Crippen molar-refractivity contribution in [2.75, 3.05) is 14.7 Å². The van der Waals surface area contributed by atoms with E-state index in [9.17, 15) is 41.9 Å². The Kier molecular flexibility index (Phi) is 22.8. The standard InChI is InChI=1S/2C32H29FN6O2.C27H23FN4O2.C4H5BrN2O/c2*1-37-19-20(17-34-37)15-27-29(36-31(40)22-7-8-22)30(21-5-3-2-4-6-21)38(32(27)41)26-13-14-28-23(16-26)18-35-39(28)25-11-9-24(33)10-12-25;28-20-8-10-21(11-9-20)32-24-13-12-22(14-19(24)16-29-32)31-25(33)15-23(30-27(34)18-6-7-18)26(31)17-4-2-1-3-5-17;1-3-6-4(2-5)8-7-3/h2*2-6,9-14,16-19,22,27,29-30H,7-8,15H2,1H3,(H,36,40);1-5,8-14,16,18,23,26H,6-7,15H2,(H,30,34);2H2,1H3/t27-,29+,30-;27-,29-,30+;23-,26+;/m100./s1. The first-order chi connectivity index (χ1) is 60.3. The van der Waals surface area contributed by atoms with Crippen molar-refractivity contribution in [3.63, 3.8) is 0 Å². The maximum atomic E-state index is 14.4. The summed E-state index contributed by atoms with van der Waals surface area (Å²) in [7, 11) is 3.71. The molecule has 3 aliphatic heterocycles. The van der Waals surface area contributed by atoms with Gasteiger partial charge in [0.05, 0.1) is 118 Å². The molecule has 6 amide bonds. The van der Waals surface area contributed by atoms with Crippen LogP contribution in [0.4, 0.5) is 30.2 Å². The maximum absolute atomic E-state index is 14.4. The predicted molar refractivity (Wildman–Crippen MR) is 464 cm³/mol. The second-order valence-electron chi connectivity index (χ2n) is 32.3. The summed E-state index contributed by atoms with van der Waals surface area (Å²) in [5.74, 6) is -0.495. The van der Waals surface area contributed by atoms with Gasteiger partial charge in [0.15, 0.2) is 5.82 Å². The number of rotatable bonds is 20. The second-order valence-corrected chi connectivity index (χ2v) is 32.9. The van der Waals surface area contributed by atoms with Gasteiger partial charge in [0.25, 0.3) is 0 Å². The highest BCUT2D eigenvalue weighted by atomic mass is 79.9. The fourth-order valence-electron chi connectivity index (χ4n) is 17.1. The summed E-state index contributed by atoms with van der Waals surface area (Å²) < 4.78 is 53.8. The third-order valence-electron chi connectivity index (χ3n) is 23.6. The molecule has 0 radical (unpaired) electrons. The number of amides is 6. The molecule has 25 nitrogen and oxygen atoms in total. The van der Waals surface area contributed by atoms with Crippen molar-refractivity contribution in [2.45, 2.75) is 106 Å². The van der Waals surface area contributed by atoms with E-state index in [1.165, 1.54) is 36.4 Å². The highest BCUT2D eigenvalue weighted by Gasteiger charge is 2.53. The van der Waals surface area contributed by atoms with Crippen LogP contribution in [0.3, 0.4) is 0 Å². The topological polar surface area (TPSA) is 276 Å². The zero-order chi connectivity index (χ0) is 85.4. The predicted octanol–water partition coefficient (Wildman–Crippen LogP) is 15.3. The zero-order valence-electron chi connectivity index (χ0n) is 67.8. The quantitative estimate of drug-likeness (QED) is 0.0599. The first-order valence-electron chi connectivity index (χ1n) is 41.4. The molecule has 0 unspecified atom stereocenters. The molecule has 3 saturated heterocycles.